The van der Waals surface area contributed by atoms with Crippen molar-refractivity contribution < 1.29 is 18.6 Å². The van der Waals surface area contributed by atoms with Crippen LogP contribution in [-0.2, 0) is 12.1 Å². The van der Waals surface area contributed by atoms with Gasteiger partial charge in [0.15, 0.2) is 0 Å². The highest BCUT2D eigenvalue weighted by Crippen LogP contribution is 2.36. The molecule has 166 valence electrons. The third-order valence-corrected chi connectivity index (χ3v) is 5.75. The van der Waals surface area contributed by atoms with Crippen LogP contribution in [0.1, 0.15) is 18.5 Å². The van der Waals surface area contributed by atoms with Crippen LogP contribution in [-0.4, -0.2) is 41.3 Å². The average molecular weight is 458 g/mol. The van der Waals surface area contributed by atoms with E-state index in [-0.39, 0.29) is 16.9 Å². The van der Waals surface area contributed by atoms with Crippen molar-refractivity contribution in [1.82, 2.24) is 29.1 Å². The smallest absolute Gasteiger partial charge is 0.202 e. The van der Waals surface area contributed by atoms with Gasteiger partial charge in [0.1, 0.15) is 42.0 Å². The van der Waals surface area contributed by atoms with Crippen LogP contribution in [0.5, 0.6) is 5.75 Å². The lowest BCUT2D eigenvalue weighted by atomic mass is 9.86. The van der Waals surface area contributed by atoms with Crippen LogP contribution in [0.4, 0.5) is 8.78 Å². The van der Waals surface area contributed by atoms with Crippen LogP contribution >= 0.6 is 12.2 Å². The van der Waals surface area contributed by atoms with Crippen LogP contribution in [0.15, 0.2) is 61.4 Å². The Bertz CT molecular complexity index is 1270. The largest absolute Gasteiger partial charge is 0.497 e. The average Bonchev–Trinajstić information content (AvgIpc) is 3.42. The zero-order chi connectivity index (χ0) is 22.9. The zero-order valence-electron chi connectivity index (χ0n) is 17.3. The normalized spacial score (nSPS) is 14.2. The third kappa shape index (κ3) is 3.92. The van der Waals surface area contributed by atoms with Gasteiger partial charge < -0.3 is 9.84 Å². The van der Waals surface area contributed by atoms with E-state index >= 15 is 0 Å². The number of hydrogen-bond acceptors (Lipinski definition) is 6. The van der Waals surface area contributed by atoms with Crippen LogP contribution < -0.4 is 4.74 Å². The number of hydrogen-bond donors (Lipinski definition) is 1. The van der Waals surface area contributed by atoms with E-state index in [1.807, 2.05) is 12.1 Å². The van der Waals surface area contributed by atoms with E-state index in [4.69, 9.17) is 17.0 Å². The van der Waals surface area contributed by atoms with Crippen molar-refractivity contribution >= 4 is 12.2 Å². The van der Waals surface area contributed by atoms with Crippen molar-refractivity contribution in [3.05, 3.63) is 83.4 Å². The number of nitrogens with zero attached hydrogens (tertiary/aromatic N) is 6. The number of rotatable bonds is 7. The fraction of sp³-hybridized carbons (Fsp3) is 0.238. The quantitative estimate of drug-likeness (QED) is 0.428. The molecule has 0 aliphatic rings. The minimum atomic E-state index is -1.87. The Morgan fingerprint density at radius 1 is 1.12 bits per heavy atom. The molecule has 8 nitrogen and oxygen atoms in total. The van der Waals surface area contributed by atoms with E-state index in [1.165, 1.54) is 34.4 Å². The summed E-state index contributed by atoms with van der Waals surface area (Å²) < 4.78 is 38.2. The highest BCUT2D eigenvalue weighted by atomic mass is 32.1. The summed E-state index contributed by atoms with van der Waals surface area (Å²) in [5.41, 5.74) is -1.24. The lowest BCUT2D eigenvalue weighted by Crippen LogP contribution is -2.41. The van der Waals surface area contributed by atoms with Crippen molar-refractivity contribution in [2.24, 2.45) is 0 Å². The number of aromatic nitrogens is 6. The Kier molecular flexibility index (Phi) is 5.85. The van der Waals surface area contributed by atoms with Gasteiger partial charge in [0, 0.05) is 17.3 Å². The van der Waals surface area contributed by atoms with Crippen LogP contribution in [0.25, 0.3) is 5.69 Å². The summed E-state index contributed by atoms with van der Waals surface area (Å²) in [6.45, 7) is 1.49. The van der Waals surface area contributed by atoms with Crippen LogP contribution in [0.3, 0.4) is 0 Å². The van der Waals surface area contributed by atoms with Gasteiger partial charge in [-0.3, -0.25) is 4.57 Å². The summed E-state index contributed by atoms with van der Waals surface area (Å²) in [7, 11) is 1.57. The molecule has 0 aliphatic heterocycles. The number of ether oxygens (including phenoxy) is 1. The van der Waals surface area contributed by atoms with Crippen LogP contribution in [0.2, 0.25) is 0 Å². The SMILES string of the molecule is COc1ccc(-n2cnn(C(C)C(O)(Cn3cncn3)c3ccc(F)cc3F)c2=S)cc1. The number of aliphatic hydroxyl groups is 1. The highest BCUT2D eigenvalue weighted by Gasteiger charge is 2.41. The molecule has 0 bridgehead atoms. The molecule has 0 saturated carbocycles. The summed E-state index contributed by atoms with van der Waals surface area (Å²) >= 11 is 5.60. The standard InChI is InChI=1S/C21H20F2N6O2S/c1-14(29-20(32)28(13-26-29)16-4-6-17(31-2)7-5-16)21(30,10-27-12-24-11-25-27)18-8-3-15(22)9-19(18)23/h3-9,11-14,30H,10H2,1-2H3. The predicted octanol–water partition coefficient (Wildman–Crippen LogP) is 3.43. The first-order valence-electron chi connectivity index (χ1n) is 9.64. The van der Waals surface area contributed by atoms with Gasteiger partial charge in [-0.25, -0.2) is 23.1 Å². The fourth-order valence-corrected chi connectivity index (χ4v) is 3.91. The molecule has 32 heavy (non-hydrogen) atoms. The summed E-state index contributed by atoms with van der Waals surface area (Å²) in [6, 6.07) is 9.37. The molecule has 2 unspecified atom stereocenters. The maximum Gasteiger partial charge on any atom is 0.202 e. The van der Waals surface area contributed by atoms with Crippen molar-refractivity contribution in [2.75, 3.05) is 7.11 Å². The maximum atomic E-state index is 14.8. The maximum absolute atomic E-state index is 14.8. The first kappa shape index (κ1) is 21.8. The minimum Gasteiger partial charge on any atom is -0.497 e. The van der Waals surface area contributed by atoms with E-state index in [2.05, 4.69) is 15.2 Å². The summed E-state index contributed by atoms with van der Waals surface area (Å²) in [4.78, 5) is 3.87. The molecule has 0 saturated heterocycles. The second-order valence-electron chi connectivity index (χ2n) is 7.24. The minimum absolute atomic E-state index is 0.109. The molecule has 4 rings (SSSR count). The molecule has 2 atom stereocenters. The topological polar surface area (TPSA) is 82.9 Å². The summed E-state index contributed by atoms with van der Waals surface area (Å²) in [5.74, 6) is -0.946. The Balaban J connectivity index is 1.78. The monoisotopic (exact) mass is 458 g/mol. The van der Waals surface area contributed by atoms with Gasteiger partial charge in [-0.05, 0) is 49.5 Å². The Hall–Kier alpha value is -3.44. The van der Waals surface area contributed by atoms with Gasteiger partial charge in [-0.15, -0.1) is 0 Å². The molecule has 2 aromatic heterocycles. The molecule has 0 aliphatic carbocycles. The Morgan fingerprint density at radius 2 is 1.88 bits per heavy atom. The number of methoxy groups -OCH3 is 1. The zero-order valence-corrected chi connectivity index (χ0v) is 18.1. The highest BCUT2D eigenvalue weighted by molar-refractivity contribution is 7.71. The van der Waals surface area contributed by atoms with Crippen molar-refractivity contribution in [1.29, 1.82) is 0 Å². The molecular formula is C21H20F2N6O2S. The van der Waals surface area contributed by atoms with Gasteiger partial charge in [-0.1, -0.05) is 6.07 Å². The molecular weight excluding hydrogens is 438 g/mol. The van der Waals surface area contributed by atoms with Gasteiger partial charge >= 0.3 is 0 Å². The van der Waals surface area contributed by atoms with Crippen molar-refractivity contribution in [3.8, 4) is 11.4 Å². The predicted molar refractivity (Wildman–Crippen MR) is 114 cm³/mol. The summed E-state index contributed by atoms with van der Waals surface area (Å²) in [6.07, 6.45) is 4.21. The van der Waals surface area contributed by atoms with Gasteiger partial charge in [0.2, 0.25) is 4.77 Å². The van der Waals surface area contributed by atoms with Crippen molar-refractivity contribution in [3.63, 3.8) is 0 Å². The van der Waals surface area contributed by atoms with E-state index < -0.39 is 23.3 Å². The van der Waals surface area contributed by atoms with Crippen molar-refractivity contribution in [2.45, 2.75) is 25.1 Å². The van der Waals surface area contributed by atoms with Crippen LogP contribution in [0, 0.1) is 16.4 Å². The molecule has 2 aromatic carbocycles. The second kappa shape index (κ2) is 8.60. The molecule has 0 fully saturated rings. The first-order chi connectivity index (χ1) is 15.3. The molecule has 0 radical (unpaired) electrons. The molecule has 2 heterocycles. The first-order valence-corrected chi connectivity index (χ1v) is 10.0. The number of benzene rings is 2. The van der Waals surface area contributed by atoms with E-state index in [0.29, 0.717) is 5.75 Å². The third-order valence-electron chi connectivity index (χ3n) is 5.37. The van der Waals surface area contributed by atoms with Gasteiger partial charge in [0.25, 0.3) is 0 Å². The lowest BCUT2D eigenvalue weighted by molar-refractivity contribution is -0.0375. The van der Waals surface area contributed by atoms with E-state index in [9.17, 15) is 13.9 Å². The molecule has 4 aromatic rings. The summed E-state index contributed by atoms with van der Waals surface area (Å²) in [5, 5.41) is 20.1. The lowest BCUT2D eigenvalue weighted by Gasteiger charge is -2.34. The van der Waals surface area contributed by atoms with Gasteiger partial charge in [0.05, 0.1) is 19.7 Å². The van der Waals surface area contributed by atoms with Gasteiger partial charge in [-0.2, -0.15) is 10.2 Å². The molecule has 0 amide bonds. The van der Waals surface area contributed by atoms with E-state index in [1.54, 1.807) is 30.7 Å². The molecule has 11 heteroatoms. The molecule has 1 N–H and O–H groups in total. The second-order valence-corrected chi connectivity index (χ2v) is 7.61. The Morgan fingerprint density at radius 3 is 2.50 bits per heavy atom. The fourth-order valence-electron chi connectivity index (χ4n) is 3.55. The number of halogens is 2. The molecule has 0 spiro atoms. The Labute approximate surface area is 187 Å². The van der Waals surface area contributed by atoms with E-state index in [0.717, 1.165) is 17.8 Å².